The summed E-state index contributed by atoms with van der Waals surface area (Å²) < 4.78 is 4.67. The van der Waals surface area contributed by atoms with Gasteiger partial charge in [0.15, 0.2) is 0 Å². The van der Waals surface area contributed by atoms with Crippen LogP contribution < -0.4 is 10.6 Å². The van der Waals surface area contributed by atoms with Gasteiger partial charge in [-0.3, -0.25) is 9.59 Å². The summed E-state index contributed by atoms with van der Waals surface area (Å²) in [6.45, 7) is 0.354. The Morgan fingerprint density at radius 2 is 1.78 bits per heavy atom. The smallest absolute Gasteiger partial charge is 0.337 e. The van der Waals surface area contributed by atoms with Gasteiger partial charge in [-0.2, -0.15) is 0 Å². The van der Waals surface area contributed by atoms with Crippen molar-refractivity contribution < 1.29 is 19.1 Å². The van der Waals surface area contributed by atoms with Crippen LogP contribution in [0.1, 0.15) is 28.8 Å². The van der Waals surface area contributed by atoms with Gasteiger partial charge < -0.3 is 15.4 Å². The average molecular weight is 387 g/mol. The van der Waals surface area contributed by atoms with Gasteiger partial charge in [0, 0.05) is 6.54 Å². The van der Waals surface area contributed by atoms with Gasteiger partial charge >= 0.3 is 5.97 Å². The largest absolute Gasteiger partial charge is 0.465 e. The first-order chi connectivity index (χ1) is 13.0. The minimum Gasteiger partial charge on any atom is -0.465 e. The molecule has 0 unspecified atom stereocenters. The molecule has 2 aromatic carbocycles. The molecule has 2 aromatic rings. The number of anilines is 1. The Balaban J connectivity index is 1.68. The normalized spacial score (nSPS) is 14.1. The van der Waals surface area contributed by atoms with E-state index in [1.165, 1.54) is 25.3 Å². The van der Waals surface area contributed by atoms with Gasteiger partial charge in [-0.15, -0.1) is 0 Å². The van der Waals surface area contributed by atoms with Crippen LogP contribution in [0, 0.1) is 5.41 Å². The fraction of sp³-hybridized carbons (Fsp3) is 0.250. The second-order valence-electron chi connectivity index (χ2n) is 6.39. The summed E-state index contributed by atoms with van der Waals surface area (Å²) in [4.78, 5) is 36.9. The number of rotatable bonds is 6. The lowest BCUT2D eigenvalue weighted by atomic mass is 10.0. The Hall–Kier alpha value is -2.86. The third kappa shape index (κ3) is 4.11. The summed E-state index contributed by atoms with van der Waals surface area (Å²) in [5.74, 6) is -1.29. The fourth-order valence-electron chi connectivity index (χ4n) is 2.74. The summed E-state index contributed by atoms with van der Waals surface area (Å²) in [7, 11) is 1.27. The van der Waals surface area contributed by atoms with Crippen LogP contribution in [0.3, 0.4) is 0 Å². The summed E-state index contributed by atoms with van der Waals surface area (Å²) in [5.41, 5.74) is 0.387. The average Bonchev–Trinajstić information content (AvgIpc) is 3.50. The van der Waals surface area contributed by atoms with Crippen molar-refractivity contribution >= 4 is 35.1 Å². The molecule has 0 aromatic heterocycles. The van der Waals surface area contributed by atoms with Gasteiger partial charge in [0.1, 0.15) is 5.41 Å². The zero-order chi connectivity index (χ0) is 19.4. The van der Waals surface area contributed by atoms with E-state index in [4.69, 9.17) is 11.6 Å². The van der Waals surface area contributed by atoms with Gasteiger partial charge in [0.25, 0.3) is 0 Å². The van der Waals surface area contributed by atoms with Crippen molar-refractivity contribution in [2.24, 2.45) is 5.41 Å². The Morgan fingerprint density at radius 1 is 1.07 bits per heavy atom. The van der Waals surface area contributed by atoms with Crippen LogP contribution in [-0.2, 0) is 20.9 Å². The van der Waals surface area contributed by atoms with Crippen molar-refractivity contribution in [2.45, 2.75) is 19.4 Å². The van der Waals surface area contributed by atoms with E-state index in [0.29, 0.717) is 19.4 Å². The van der Waals surface area contributed by atoms with Gasteiger partial charge in [-0.25, -0.2) is 4.79 Å². The SMILES string of the molecule is COC(=O)c1ccc(Cl)c(NC(=O)C2(C(=O)NCc3ccccc3)CC2)c1. The molecule has 0 saturated heterocycles. The third-order valence-corrected chi connectivity index (χ3v) is 4.88. The number of hydrogen-bond donors (Lipinski definition) is 2. The monoisotopic (exact) mass is 386 g/mol. The molecule has 0 aliphatic heterocycles. The highest BCUT2D eigenvalue weighted by atomic mass is 35.5. The molecule has 7 heteroatoms. The van der Waals surface area contributed by atoms with E-state index >= 15 is 0 Å². The number of esters is 1. The molecule has 2 amide bonds. The predicted molar refractivity (Wildman–Crippen MR) is 101 cm³/mol. The summed E-state index contributed by atoms with van der Waals surface area (Å²) in [5, 5.41) is 5.76. The molecular weight excluding hydrogens is 368 g/mol. The van der Waals surface area contributed by atoms with Crippen LogP contribution in [0.4, 0.5) is 5.69 Å². The number of benzene rings is 2. The zero-order valence-corrected chi connectivity index (χ0v) is 15.5. The highest BCUT2D eigenvalue weighted by Crippen LogP contribution is 2.47. The standard InChI is InChI=1S/C20H19ClN2O4/c1-27-17(24)14-7-8-15(21)16(11-14)23-19(26)20(9-10-20)18(25)22-12-13-5-3-2-4-6-13/h2-8,11H,9-10,12H2,1H3,(H,22,25)(H,23,26). The lowest BCUT2D eigenvalue weighted by molar-refractivity contribution is -0.134. The fourth-order valence-corrected chi connectivity index (χ4v) is 2.90. The first-order valence-corrected chi connectivity index (χ1v) is 8.85. The maximum atomic E-state index is 12.7. The van der Waals surface area contributed by atoms with Crippen molar-refractivity contribution in [3.05, 3.63) is 64.7 Å². The molecule has 0 atom stereocenters. The number of methoxy groups -OCH3 is 1. The second-order valence-corrected chi connectivity index (χ2v) is 6.80. The molecule has 0 bridgehead atoms. The van der Waals surface area contributed by atoms with Gasteiger partial charge in [-0.05, 0) is 36.6 Å². The topological polar surface area (TPSA) is 84.5 Å². The van der Waals surface area contributed by atoms with Gasteiger partial charge in [0.2, 0.25) is 11.8 Å². The van der Waals surface area contributed by atoms with Crippen LogP contribution in [0.2, 0.25) is 5.02 Å². The van der Waals surface area contributed by atoms with Crippen molar-refractivity contribution in [3.63, 3.8) is 0 Å². The van der Waals surface area contributed by atoms with Gasteiger partial charge in [0.05, 0.1) is 23.4 Å². The van der Waals surface area contributed by atoms with E-state index < -0.39 is 17.3 Å². The van der Waals surface area contributed by atoms with Crippen LogP contribution in [0.5, 0.6) is 0 Å². The van der Waals surface area contributed by atoms with Crippen molar-refractivity contribution in [3.8, 4) is 0 Å². The summed E-state index contributed by atoms with van der Waals surface area (Å²) in [6.07, 6.45) is 0.932. The quantitative estimate of drug-likeness (QED) is 0.590. The number of carbonyl (C=O) groups is 3. The first-order valence-electron chi connectivity index (χ1n) is 8.48. The van der Waals surface area contributed by atoms with Crippen molar-refractivity contribution in [2.75, 3.05) is 12.4 Å². The number of hydrogen-bond acceptors (Lipinski definition) is 4. The molecule has 0 radical (unpaired) electrons. The molecule has 1 fully saturated rings. The van der Waals surface area contributed by atoms with E-state index in [1.807, 2.05) is 30.3 Å². The van der Waals surface area contributed by atoms with E-state index in [1.54, 1.807) is 0 Å². The van der Waals surface area contributed by atoms with E-state index in [2.05, 4.69) is 15.4 Å². The third-order valence-electron chi connectivity index (χ3n) is 4.55. The van der Waals surface area contributed by atoms with E-state index in [0.717, 1.165) is 5.56 Å². The lowest BCUT2D eigenvalue weighted by Gasteiger charge is -2.16. The van der Waals surface area contributed by atoms with E-state index in [9.17, 15) is 14.4 Å². The lowest BCUT2D eigenvalue weighted by Crippen LogP contribution is -2.39. The highest BCUT2D eigenvalue weighted by Gasteiger charge is 2.56. The molecule has 6 nitrogen and oxygen atoms in total. The maximum Gasteiger partial charge on any atom is 0.337 e. The molecule has 140 valence electrons. The zero-order valence-electron chi connectivity index (χ0n) is 14.8. The number of nitrogens with one attached hydrogen (secondary N) is 2. The number of amides is 2. The van der Waals surface area contributed by atoms with Crippen molar-refractivity contribution in [1.29, 1.82) is 0 Å². The number of carbonyl (C=O) groups excluding carboxylic acids is 3. The van der Waals surface area contributed by atoms with Crippen LogP contribution in [0.25, 0.3) is 0 Å². The first kappa shape index (κ1) is 18.9. The van der Waals surface area contributed by atoms with E-state index in [-0.39, 0.29) is 22.2 Å². The van der Waals surface area contributed by atoms with Crippen LogP contribution >= 0.6 is 11.6 Å². The molecular formula is C20H19ClN2O4. The Bertz CT molecular complexity index is 879. The van der Waals surface area contributed by atoms with Gasteiger partial charge in [-0.1, -0.05) is 41.9 Å². The second kappa shape index (κ2) is 7.80. The summed E-state index contributed by atoms with van der Waals surface area (Å²) >= 11 is 6.11. The minimum absolute atomic E-state index is 0.260. The minimum atomic E-state index is -1.10. The molecule has 2 N–H and O–H groups in total. The molecule has 1 aliphatic carbocycles. The number of ether oxygens (including phenoxy) is 1. The molecule has 0 spiro atoms. The van der Waals surface area contributed by atoms with Crippen molar-refractivity contribution in [1.82, 2.24) is 5.32 Å². The predicted octanol–water partition coefficient (Wildman–Crippen LogP) is 3.16. The molecule has 3 rings (SSSR count). The Morgan fingerprint density at radius 3 is 2.41 bits per heavy atom. The molecule has 1 saturated carbocycles. The van der Waals surface area contributed by atoms with Crippen LogP contribution in [0.15, 0.2) is 48.5 Å². The Labute approximate surface area is 161 Å². The maximum absolute atomic E-state index is 12.7. The molecule has 1 aliphatic rings. The summed E-state index contributed by atoms with van der Waals surface area (Å²) in [6, 6.07) is 13.9. The Kier molecular flexibility index (Phi) is 5.46. The van der Waals surface area contributed by atoms with Crippen LogP contribution in [-0.4, -0.2) is 24.9 Å². The highest BCUT2D eigenvalue weighted by molar-refractivity contribution is 6.34. The molecule has 0 heterocycles. The number of halogens is 1. The molecule has 27 heavy (non-hydrogen) atoms.